The molecular weight excluding hydrogens is 430 g/mol. The van der Waals surface area contributed by atoms with Gasteiger partial charge in [0.2, 0.25) is 10.0 Å². The largest absolute Gasteiger partial charge is 0.310 e. The third kappa shape index (κ3) is 4.50. The van der Waals surface area contributed by atoms with Crippen LogP contribution in [0.4, 0.5) is 0 Å². The molecular formula is C20H22ClN3O3S2. The van der Waals surface area contributed by atoms with Crippen molar-refractivity contribution in [2.24, 2.45) is 0 Å². The van der Waals surface area contributed by atoms with Gasteiger partial charge in [-0.1, -0.05) is 31.5 Å². The van der Waals surface area contributed by atoms with E-state index in [9.17, 15) is 13.2 Å². The van der Waals surface area contributed by atoms with E-state index in [1.165, 1.54) is 27.2 Å². The van der Waals surface area contributed by atoms with Crippen LogP contribution in [0.25, 0.3) is 10.9 Å². The maximum absolute atomic E-state index is 12.8. The Morgan fingerprint density at radius 3 is 2.52 bits per heavy atom. The zero-order valence-corrected chi connectivity index (χ0v) is 18.8. The van der Waals surface area contributed by atoms with Crippen molar-refractivity contribution in [2.75, 3.05) is 19.3 Å². The summed E-state index contributed by atoms with van der Waals surface area (Å²) in [5.74, 6) is 0. The lowest BCUT2D eigenvalue weighted by Crippen LogP contribution is -2.32. The van der Waals surface area contributed by atoms with Crippen molar-refractivity contribution in [3.05, 3.63) is 63.7 Å². The van der Waals surface area contributed by atoms with E-state index in [0.717, 1.165) is 15.8 Å². The van der Waals surface area contributed by atoms with E-state index >= 15 is 0 Å². The minimum absolute atomic E-state index is 0.0790. The Kier molecular flexibility index (Phi) is 6.68. The first-order valence-electron chi connectivity index (χ1n) is 9.14. The van der Waals surface area contributed by atoms with E-state index in [1.807, 2.05) is 30.5 Å². The molecule has 0 atom stereocenters. The lowest BCUT2D eigenvalue weighted by Gasteiger charge is -2.19. The number of pyridine rings is 2. The first-order chi connectivity index (χ1) is 13.8. The standard InChI is InChI=1S/C20H22ClN3O3S2/c1-4-24(5-2)29(26,27)17-8-9-19(25)23(13-17)12-15-10-14-6-7-16(28-3)11-18(14)22-20(15)21/h6-11,13H,4-5,12H2,1-3H3. The Bertz CT molecular complexity index is 1210. The van der Waals surface area contributed by atoms with E-state index in [1.54, 1.807) is 25.6 Å². The smallest absolute Gasteiger partial charge is 0.250 e. The van der Waals surface area contributed by atoms with Gasteiger partial charge in [0, 0.05) is 41.2 Å². The number of fused-ring (bicyclic) bond motifs is 1. The van der Waals surface area contributed by atoms with Crippen LogP contribution in [0, 0.1) is 0 Å². The summed E-state index contributed by atoms with van der Waals surface area (Å²) < 4.78 is 28.3. The van der Waals surface area contributed by atoms with Crippen LogP contribution in [-0.2, 0) is 16.6 Å². The Hall–Kier alpha value is -1.87. The molecule has 0 radical (unpaired) electrons. The minimum atomic E-state index is -3.66. The number of halogens is 1. The van der Waals surface area contributed by atoms with Gasteiger partial charge < -0.3 is 4.57 Å². The highest BCUT2D eigenvalue weighted by Crippen LogP contribution is 2.25. The van der Waals surface area contributed by atoms with Gasteiger partial charge in [-0.3, -0.25) is 4.79 Å². The van der Waals surface area contributed by atoms with Crippen molar-refractivity contribution in [3.63, 3.8) is 0 Å². The number of thioether (sulfide) groups is 1. The number of hydrogen-bond donors (Lipinski definition) is 0. The third-order valence-electron chi connectivity index (χ3n) is 4.69. The molecule has 0 aliphatic carbocycles. The van der Waals surface area contributed by atoms with Crippen molar-refractivity contribution in [1.29, 1.82) is 0 Å². The molecule has 154 valence electrons. The Balaban J connectivity index is 2.02. The molecule has 2 aromatic heterocycles. The predicted octanol–water partition coefficient (Wildman–Crippen LogP) is 3.85. The van der Waals surface area contributed by atoms with E-state index in [0.29, 0.717) is 23.8 Å². The number of sulfonamides is 1. The SMILES string of the molecule is CCN(CC)S(=O)(=O)c1ccc(=O)n(Cc2cc3ccc(SC)cc3nc2Cl)c1. The highest BCUT2D eigenvalue weighted by atomic mass is 35.5. The molecule has 3 rings (SSSR count). The zero-order chi connectivity index (χ0) is 21.2. The zero-order valence-electron chi connectivity index (χ0n) is 16.4. The van der Waals surface area contributed by atoms with Gasteiger partial charge in [0.05, 0.1) is 17.0 Å². The summed E-state index contributed by atoms with van der Waals surface area (Å²) in [6.45, 7) is 4.40. The molecule has 0 amide bonds. The third-order valence-corrected chi connectivity index (χ3v) is 7.78. The number of hydrogen-bond acceptors (Lipinski definition) is 5. The average molecular weight is 452 g/mol. The molecule has 0 saturated carbocycles. The van der Waals surface area contributed by atoms with Crippen molar-refractivity contribution in [1.82, 2.24) is 13.9 Å². The van der Waals surface area contributed by atoms with Crippen LogP contribution in [-0.4, -0.2) is 41.6 Å². The second kappa shape index (κ2) is 8.87. The summed E-state index contributed by atoms with van der Waals surface area (Å²) >= 11 is 7.98. The van der Waals surface area contributed by atoms with E-state index < -0.39 is 10.0 Å². The summed E-state index contributed by atoms with van der Waals surface area (Å²) in [5.41, 5.74) is 1.11. The van der Waals surface area contributed by atoms with Crippen molar-refractivity contribution in [3.8, 4) is 0 Å². The molecule has 9 heteroatoms. The van der Waals surface area contributed by atoms with Gasteiger partial charge in [-0.25, -0.2) is 13.4 Å². The van der Waals surface area contributed by atoms with E-state index in [2.05, 4.69) is 4.98 Å². The lowest BCUT2D eigenvalue weighted by molar-refractivity contribution is 0.444. The van der Waals surface area contributed by atoms with Crippen molar-refractivity contribution >= 4 is 44.3 Å². The number of rotatable bonds is 7. The maximum atomic E-state index is 12.8. The van der Waals surface area contributed by atoms with Gasteiger partial charge in [-0.15, -0.1) is 11.8 Å². The van der Waals surface area contributed by atoms with Crippen LogP contribution >= 0.6 is 23.4 Å². The monoisotopic (exact) mass is 451 g/mol. The van der Waals surface area contributed by atoms with Crippen LogP contribution < -0.4 is 5.56 Å². The molecule has 0 unspecified atom stereocenters. The van der Waals surface area contributed by atoms with Crippen LogP contribution in [0.5, 0.6) is 0 Å². The molecule has 29 heavy (non-hydrogen) atoms. The molecule has 1 aromatic carbocycles. The molecule has 3 aromatic rings. The van der Waals surface area contributed by atoms with E-state index in [4.69, 9.17) is 11.6 Å². The second-order valence-electron chi connectivity index (χ2n) is 6.42. The maximum Gasteiger partial charge on any atom is 0.250 e. The fourth-order valence-electron chi connectivity index (χ4n) is 3.09. The van der Waals surface area contributed by atoms with Crippen LogP contribution in [0.2, 0.25) is 5.15 Å². The summed E-state index contributed by atoms with van der Waals surface area (Å²) in [5, 5.41) is 1.20. The summed E-state index contributed by atoms with van der Waals surface area (Å²) in [6.07, 6.45) is 3.36. The van der Waals surface area contributed by atoms with Crippen LogP contribution in [0.15, 0.2) is 57.2 Å². The van der Waals surface area contributed by atoms with Gasteiger partial charge in [-0.2, -0.15) is 4.31 Å². The number of nitrogens with zero attached hydrogens (tertiary/aromatic N) is 3. The van der Waals surface area contributed by atoms with E-state index in [-0.39, 0.29) is 17.0 Å². The normalized spacial score (nSPS) is 12.0. The summed E-state index contributed by atoms with van der Waals surface area (Å²) in [7, 11) is -3.66. The molecule has 2 heterocycles. The Morgan fingerprint density at radius 2 is 1.86 bits per heavy atom. The summed E-state index contributed by atoms with van der Waals surface area (Å²) in [6, 6.07) is 10.4. The van der Waals surface area contributed by atoms with Crippen molar-refractivity contribution < 1.29 is 8.42 Å². The Morgan fingerprint density at radius 1 is 1.14 bits per heavy atom. The Labute approximate surface area is 179 Å². The van der Waals surface area contributed by atoms with Gasteiger partial charge in [0.25, 0.3) is 5.56 Å². The second-order valence-corrected chi connectivity index (χ2v) is 9.59. The molecule has 0 aliphatic rings. The molecule has 0 aliphatic heterocycles. The van der Waals surface area contributed by atoms with Gasteiger partial charge >= 0.3 is 0 Å². The molecule has 6 nitrogen and oxygen atoms in total. The first kappa shape index (κ1) is 21.8. The van der Waals surface area contributed by atoms with Gasteiger partial charge in [-0.05, 0) is 30.5 Å². The summed E-state index contributed by atoms with van der Waals surface area (Å²) in [4.78, 5) is 18.0. The average Bonchev–Trinajstić information content (AvgIpc) is 2.70. The molecule has 0 bridgehead atoms. The van der Waals surface area contributed by atoms with Crippen molar-refractivity contribution in [2.45, 2.75) is 30.2 Å². The highest BCUT2D eigenvalue weighted by Gasteiger charge is 2.22. The fourth-order valence-corrected chi connectivity index (χ4v) is 5.20. The lowest BCUT2D eigenvalue weighted by atomic mass is 10.1. The van der Waals surface area contributed by atoms with Crippen LogP contribution in [0.1, 0.15) is 19.4 Å². The first-order valence-corrected chi connectivity index (χ1v) is 12.2. The van der Waals surface area contributed by atoms with Gasteiger partial charge in [0.1, 0.15) is 5.15 Å². The fraction of sp³-hybridized carbons (Fsp3) is 0.300. The van der Waals surface area contributed by atoms with Gasteiger partial charge in [0.15, 0.2) is 0 Å². The number of aromatic nitrogens is 2. The highest BCUT2D eigenvalue weighted by molar-refractivity contribution is 7.98. The number of benzene rings is 1. The quantitative estimate of drug-likeness (QED) is 0.403. The topological polar surface area (TPSA) is 72.3 Å². The molecule has 0 saturated heterocycles. The van der Waals surface area contributed by atoms with Crippen LogP contribution in [0.3, 0.4) is 0 Å². The molecule has 0 spiro atoms. The predicted molar refractivity (Wildman–Crippen MR) is 118 cm³/mol. The minimum Gasteiger partial charge on any atom is -0.310 e. The molecule has 0 N–H and O–H groups in total. The molecule has 0 fully saturated rings.